The first-order chi connectivity index (χ1) is 8.58. The highest BCUT2D eigenvalue weighted by Gasteiger charge is 2.33. The first-order valence-electron chi connectivity index (χ1n) is 6.79. The summed E-state index contributed by atoms with van der Waals surface area (Å²) in [6, 6.07) is 0. The van der Waals surface area contributed by atoms with Crippen molar-refractivity contribution in [3.63, 3.8) is 0 Å². The van der Waals surface area contributed by atoms with Gasteiger partial charge in [-0.3, -0.25) is 14.4 Å². The van der Waals surface area contributed by atoms with E-state index in [0.29, 0.717) is 19.4 Å². The Morgan fingerprint density at radius 2 is 1.78 bits per heavy atom. The van der Waals surface area contributed by atoms with E-state index in [9.17, 15) is 14.4 Å². The summed E-state index contributed by atoms with van der Waals surface area (Å²) < 4.78 is 4.87. The molecule has 0 aliphatic heterocycles. The molecule has 102 valence electrons. The van der Waals surface area contributed by atoms with E-state index in [1.54, 1.807) is 6.92 Å². The summed E-state index contributed by atoms with van der Waals surface area (Å²) in [6.45, 7) is 3.91. The van der Waals surface area contributed by atoms with E-state index in [4.69, 9.17) is 4.74 Å². The van der Waals surface area contributed by atoms with E-state index < -0.39 is 0 Å². The van der Waals surface area contributed by atoms with Crippen molar-refractivity contribution in [2.75, 3.05) is 6.61 Å². The van der Waals surface area contributed by atoms with Gasteiger partial charge in [-0.1, -0.05) is 13.3 Å². The van der Waals surface area contributed by atoms with Gasteiger partial charge in [0.05, 0.1) is 13.0 Å². The number of Topliss-reactive ketones (excluding diaryl/α,β-unsaturated/α-hetero) is 2. The van der Waals surface area contributed by atoms with Crippen LogP contribution in [0.3, 0.4) is 0 Å². The Kier molecular flexibility index (Phi) is 6.02. The number of carbonyl (C=O) groups excluding carboxylic acids is 3. The standard InChI is InChI=1S/C14H22O4/c1-3-12(15)8-10-6-5-7-11(14(10)17)9-13(16)18-4-2/h10-11H,3-9H2,1-2H3. The molecule has 0 aromatic rings. The average molecular weight is 254 g/mol. The lowest BCUT2D eigenvalue weighted by Crippen LogP contribution is -2.31. The molecule has 0 aromatic heterocycles. The van der Waals surface area contributed by atoms with Crippen molar-refractivity contribution in [2.45, 2.75) is 52.4 Å². The van der Waals surface area contributed by atoms with Gasteiger partial charge in [0.1, 0.15) is 11.6 Å². The molecule has 1 aliphatic rings. The van der Waals surface area contributed by atoms with Gasteiger partial charge >= 0.3 is 5.97 Å². The minimum absolute atomic E-state index is 0.0797. The minimum atomic E-state index is -0.307. The molecule has 0 amide bonds. The summed E-state index contributed by atoms with van der Waals surface area (Å²) in [5.74, 6) is -0.516. The summed E-state index contributed by atoms with van der Waals surface area (Å²) >= 11 is 0. The summed E-state index contributed by atoms with van der Waals surface area (Å²) in [4.78, 5) is 35.0. The van der Waals surface area contributed by atoms with Crippen LogP contribution in [0.5, 0.6) is 0 Å². The summed E-state index contributed by atoms with van der Waals surface area (Å²) in [5.41, 5.74) is 0. The van der Waals surface area contributed by atoms with Crippen molar-refractivity contribution in [1.82, 2.24) is 0 Å². The maximum atomic E-state index is 12.2. The molecule has 0 heterocycles. The largest absolute Gasteiger partial charge is 0.466 e. The lowest BCUT2D eigenvalue weighted by atomic mass is 9.76. The highest BCUT2D eigenvalue weighted by molar-refractivity contribution is 5.91. The van der Waals surface area contributed by atoms with Crippen LogP contribution in [-0.2, 0) is 19.1 Å². The molecule has 2 unspecified atom stereocenters. The van der Waals surface area contributed by atoms with Gasteiger partial charge in [-0.2, -0.15) is 0 Å². The van der Waals surface area contributed by atoms with Crippen molar-refractivity contribution in [2.24, 2.45) is 11.8 Å². The predicted octanol–water partition coefficient (Wildman–Crippen LogP) is 2.29. The van der Waals surface area contributed by atoms with Gasteiger partial charge < -0.3 is 4.74 Å². The van der Waals surface area contributed by atoms with E-state index in [2.05, 4.69) is 0 Å². The normalized spacial score (nSPS) is 23.8. The minimum Gasteiger partial charge on any atom is -0.466 e. The first kappa shape index (κ1) is 14.9. The topological polar surface area (TPSA) is 60.4 Å². The van der Waals surface area contributed by atoms with Gasteiger partial charge in [-0.05, 0) is 19.8 Å². The van der Waals surface area contributed by atoms with Crippen molar-refractivity contribution < 1.29 is 19.1 Å². The quantitative estimate of drug-likeness (QED) is 0.682. The van der Waals surface area contributed by atoms with E-state index >= 15 is 0 Å². The second-order valence-corrected chi connectivity index (χ2v) is 4.83. The van der Waals surface area contributed by atoms with E-state index in [1.165, 1.54) is 0 Å². The highest BCUT2D eigenvalue weighted by atomic mass is 16.5. The van der Waals surface area contributed by atoms with Gasteiger partial charge in [0, 0.05) is 24.7 Å². The van der Waals surface area contributed by atoms with Gasteiger partial charge in [-0.25, -0.2) is 0 Å². The molecule has 0 saturated heterocycles. The Labute approximate surface area is 108 Å². The van der Waals surface area contributed by atoms with Crippen molar-refractivity contribution in [3.8, 4) is 0 Å². The fourth-order valence-corrected chi connectivity index (χ4v) is 2.47. The highest BCUT2D eigenvalue weighted by Crippen LogP contribution is 2.30. The third-order valence-corrected chi connectivity index (χ3v) is 3.50. The average Bonchev–Trinajstić information content (AvgIpc) is 2.34. The number of hydrogen-bond donors (Lipinski definition) is 0. The predicted molar refractivity (Wildman–Crippen MR) is 67.0 cm³/mol. The Bertz CT molecular complexity index is 322. The molecule has 1 fully saturated rings. The number of ketones is 2. The molecule has 0 spiro atoms. The van der Waals surface area contributed by atoms with Gasteiger partial charge in [-0.15, -0.1) is 0 Å². The SMILES string of the molecule is CCOC(=O)CC1CCCC(CC(=O)CC)C1=O. The van der Waals surface area contributed by atoms with Crippen LogP contribution in [0.25, 0.3) is 0 Å². The Hall–Kier alpha value is -1.19. The fourth-order valence-electron chi connectivity index (χ4n) is 2.47. The number of esters is 1. The fraction of sp³-hybridized carbons (Fsp3) is 0.786. The Morgan fingerprint density at radius 1 is 1.17 bits per heavy atom. The van der Waals surface area contributed by atoms with Crippen LogP contribution < -0.4 is 0 Å². The van der Waals surface area contributed by atoms with Gasteiger partial charge in [0.25, 0.3) is 0 Å². The number of hydrogen-bond acceptors (Lipinski definition) is 4. The van der Waals surface area contributed by atoms with E-state index in [0.717, 1.165) is 19.3 Å². The summed E-state index contributed by atoms with van der Waals surface area (Å²) in [5, 5.41) is 0. The van der Waals surface area contributed by atoms with Crippen LogP contribution in [-0.4, -0.2) is 24.1 Å². The maximum Gasteiger partial charge on any atom is 0.306 e. The van der Waals surface area contributed by atoms with Crippen LogP contribution in [0, 0.1) is 11.8 Å². The lowest BCUT2D eigenvalue weighted by Gasteiger charge is -2.26. The van der Waals surface area contributed by atoms with E-state index in [1.807, 2.05) is 6.92 Å². The van der Waals surface area contributed by atoms with Gasteiger partial charge in [0.15, 0.2) is 0 Å². The molecule has 1 saturated carbocycles. The molecule has 1 aliphatic carbocycles. The number of ether oxygens (including phenoxy) is 1. The molecular weight excluding hydrogens is 232 g/mol. The molecular formula is C14H22O4. The molecule has 0 aromatic carbocycles. The Balaban J connectivity index is 2.52. The zero-order valence-corrected chi connectivity index (χ0v) is 11.2. The van der Waals surface area contributed by atoms with Crippen molar-refractivity contribution in [1.29, 1.82) is 0 Å². The lowest BCUT2D eigenvalue weighted by molar-refractivity contribution is -0.147. The molecule has 4 nitrogen and oxygen atoms in total. The van der Waals surface area contributed by atoms with Gasteiger partial charge in [0.2, 0.25) is 0 Å². The van der Waals surface area contributed by atoms with Crippen LogP contribution in [0.15, 0.2) is 0 Å². The monoisotopic (exact) mass is 254 g/mol. The summed E-state index contributed by atoms with van der Waals surface area (Å²) in [6.07, 6.45) is 3.43. The molecule has 18 heavy (non-hydrogen) atoms. The molecule has 2 atom stereocenters. The second kappa shape index (κ2) is 7.29. The molecule has 0 radical (unpaired) electrons. The van der Waals surface area contributed by atoms with Crippen LogP contribution in [0.4, 0.5) is 0 Å². The summed E-state index contributed by atoms with van der Waals surface area (Å²) in [7, 11) is 0. The zero-order chi connectivity index (χ0) is 13.5. The van der Waals surface area contributed by atoms with Crippen LogP contribution >= 0.6 is 0 Å². The Morgan fingerprint density at radius 3 is 2.33 bits per heavy atom. The van der Waals surface area contributed by atoms with Crippen molar-refractivity contribution in [3.05, 3.63) is 0 Å². The van der Waals surface area contributed by atoms with Crippen LogP contribution in [0.1, 0.15) is 52.4 Å². The third-order valence-electron chi connectivity index (χ3n) is 3.50. The second-order valence-electron chi connectivity index (χ2n) is 4.83. The number of carbonyl (C=O) groups is 3. The van der Waals surface area contributed by atoms with E-state index in [-0.39, 0.29) is 35.8 Å². The maximum absolute atomic E-state index is 12.2. The van der Waals surface area contributed by atoms with Crippen molar-refractivity contribution >= 4 is 17.5 Å². The first-order valence-corrected chi connectivity index (χ1v) is 6.79. The molecule has 0 N–H and O–H groups in total. The van der Waals surface area contributed by atoms with Crippen LogP contribution in [0.2, 0.25) is 0 Å². The molecule has 1 rings (SSSR count). The zero-order valence-electron chi connectivity index (χ0n) is 11.2. The third kappa shape index (κ3) is 4.24. The molecule has 0 bridgehead atoms. The number of rotatable bonds is 6. The molecule has 4 heteroatoms. The smallest absolute Gasteiger partial charge is 0.306 e.